The van der Waals surface area contributed by atoms with E-state index in [-0.39, 0.29) is 10.9 Å². The Morgan fingerprint density at radius 1 is 1.30 bits per heavy atom. The summed E-state index contributed by atoms with van der Waals surface area (Å²) in [4.78, 5) is 27.2. The van der Waals surface area contributed by atoms with E-state index in [1.54, 1.807) is 18.2 Å². The number of ether oxygens (including phenoxy) is 1. The molecule has 0 unspecified atom stereocenters. The second kappa shape index (κ2) is 6.04. The number of hydrogen-bond acceptors (Lipinski definition) is 5. The molecular formula is C19H19FN4O3. The third-order valence-corrected chi connectivity index (χ3v) is 5.18. The van der Waals surface area contributed by atoms with Gasteiger partial charge in [-0.2, -0.15) is 4.68 Å². The summed E-state index contributed by atoms with van der Waals surface area (Å²) in [6, 6.07) is 8.30. The summed E-state index contributed by atoms with van der Waals surface area (Å²) in [5, 5.41) is 0.00616. The molecule has 2 aromatic carbocycles. The SMILES string of the molecule is COC1(c2c(-c3cccc(CN)c3)c(F)cc3c(=O)n(N)c(=O)[nH]c23)CC1. The number of nitrogens with two attached hydrogens (primary N) is 2. The van der Waals surface area contributed by atoms with Crippen molar-refractivity contribution in [3.63, 3.8) is 0 Å². The number of aromatic nitrogens is 2. The van der Waals surface area contributed by atoms with Crippen LogP contribution in [-0.2, 0) is 16.9 Å². The largest absolute Gasteiger partial charge is 0.373 e. The minimum atomic E-state index is -0.770. The maximum Gasteiger partial charge on any atom is 0.347 e. The first-order valence-corrected chi connectivity index (χ1v) is 8.53. The molecular weight excluding hydrogens is 351 g/mol. The van der Waals surface area contributed by atoms with Gasteiger partial charge in [-0.15, -0.1) is 0 Å². The van der Waals surface area contributed by atoms with Gasteiger partial charge in [0.15, 0.2) is 0 Å². The van der Waals surface area contributed by atoms with Crippen molar-refractivity contribution in [1.29, 1.82) is 0 Å². The van der Waals surface area contributed by atoms with Gasteiger partial charge in [0.25, 0.3) is 5.56 Å². The molecule has 1 aliphatic carbocycles. The molecule has 4 rings (SSSR count). The maximum absolute atomic E-state index is 15.2. The van der Waals surface area contributed by atoms with Crippen molar-refractivity contribution in [2.45, 2.75) is 25.0 Å². The Morgan fingerprint density at radius 3 is 2.67 bits per heavy atom. The van der Waals surface area contributed by atoms with E-state index in [1.807, 2.05) is 6.07 Å². The summed E-state index contributed by atoms with van der Waals surface area (Å²) in [5.41, 5.74) is 5.88. The predicted molar refractivity (Wildman–Crippen MR) is 100 cm³/mol. The Bertz CT molecular complexity index is 1180. The molecule has 1 fully saturated rings. The molecule has 0 bridgehead atoms. The van der Waals surface area contributed by atoms with Crippen LogP contribution < -0.4 is 22.8 Å². The van der Waals surface area contributed by atoms with Gasteiger partial charge in [-0.25, -0.2) is 9.18 Å². The summed E-state index contributed by atoms with van der Waals surface area (Å²) >= 11 is 0. The Balaban J connectivity index is 2.18. The normalized spacial score (nSPS) is 15.2. The molecule has 0 aliphatic heterocycles. The highest BCUT2D eigenvalue weighted by atomic mass is 19.1. The van der Waals surface area contributed by atoms with Crippen molar-refractivity contribution in [1.82, 2.24) is 9.66 Å². The molecule has 0 amide bonds. The van der Waals surface area contributed by atoms with E-state index in [0.717, 1.165) is 11.6 Å². The number of aromatic amines is 1. The lowest BCUT2D eigenvalue weighted by molar-refractivity contribution is 0.0802. The molecule has 1 aromatic heterocycles. The quantitative estimate of drug-likeness (QED) is 0.599. The van der Waals surface area contributed by atoms with Gasteiger partial charge < -0.3 is 21.3 Å². The number of nitrogens with one attached hydrogen (secondary N) is 1. The number of fused-ring (bicyclic) bond motifs is 1. The molecule has 0 radical (unpaired) electrons. The first-order valence-electron chi connectivity index (χ1n) is 8.53. The lowest BCUT2D eigenvalue weighted by Gasteiger charge is -2.22. The highest BCUT2D eigenvalue weighted by Gasteiger charge is 2.48. The van der Waals surface area contributed by atoms with E-state index in [2.05, 4.69) is 4.98 Å². The molecule has 140 valence electrons. The van der Waals surface area contributed by atoms with Gasteiger partial charge in [-0.1, -0.05) is 18.2 Å². The minimum absolute atomic E-state index is 0.00616. The fraction of sp³-hybridized carbons (Fsp3) is 0.263. The third kappa shape index (κ3) is 2.56. The van der Waals surface area contributed by atoms with E-state index in [4.69, 9.17) is 16.3 Å². The Hall–Kier alpha value is -2.97. The number of benzene rings is 2. The van der Waals surface area contributed by atoms with Gasteiger partial charge in [0.2, 0.25) is 0 Å². The fourth-order valence-electron chi connectivity index (χ4n) is 3.60. The van der Waals surface area contributed by atoms with Gasteiger partial charge in [0.1, 0.15) is 5.82 Å². The summed E-state index contributed by atoms with van der Waals surface area (Å²) in [6.45, 7) is 0.308. The van der Waals surface area contributed by atoms with E-state index < -0.39 is 22.7 Å². The van der Waals surface area contributed by atoms with E-state index in [1.165, 1.54) is 7.11 Å². The van der Waals surface area contributed by atoms with Crippen LogP contribution in [-0.4, -0.2) is 16.8 Å². The Kier molecular flexibility index (Phi) is 3.90. The van der Waals surface area contributed by atoms with Crippen molar-refractivity contribution < 1.29 is 9.13 Å². The van der Waals surface area contributed by atoms with Crippen molar-refractivity contribution in [2.24, 2.45) is 5.73 Å². The molecule has 27 heavy (non-hydrogen) atoms. The average Bonchev–Trinajstić information content (AvgIpc) is 3.47. The number of nitrogen functional groups attached to an aromatic ring is 1. The van der Waals surface area contributed by atoms with Crippen LogP contribution in [0.4, 0.5) is 4.39 Å². The van der Waals surface area contributed by atoms with Crippen LogP contribution in [0.2, 0.25) is 0 Å². The second-order valence-corrected chi connectivity index (χ2v) is 6.74. The van der Waals surface area contributed by atoms with E-state index in [9.17, 15) is 9.59 Å². The molecule has 0 spiro atoms. The molecule has 0 atom stereocenters. The van der Waals surface area contributed by atoms with Crippen molar-refractivity contribution in [3.8, 4) is 11.1 Å². The second-order valence-electron chi connectivity index (χ2n) is 6.74. The van der Waals surface area contributed by atoms with Gasteiger partial charge in [-0.3, -0.25) is 4.79 Å². The molecule has 1 heterocycles. The van der Waals surface area contributed by atoms with Gasteiger partial charge in [-0.05, 0) is 36.1 Å². The Morgan fingerprint density at radius 2 is 2.04 bits per heavy atom. The number of rotatable bonds is 4. The minimum Gasteiger partial charge on any atom is -0.373 e. The van der Waals surface area contributed by atoms with E-state index >= 15 is 4.39 Å². The number of nitrogens with zero attached hydrogens (tertiary/aromatic N) is 1. The first-order chi connectivity index (χ1) is 12.9. The monoisotopic (exact) mass is 370 g/mol. The topological polar surface area (TPSA) is 116 Å². The Labute approximate surface area is 153 Å². The summed E-state index contributed by atoms with van der Waals surface area (Å²) in [6.07, 6.45) is 1.30. The van der Waals surface area contributed by atoms with Crippen LogP contribution in [0, 0.1) is 5.82 Å². The molecule has 1 saturated carbocycles. The number of methoxy groups -OCH3 is 1. The molecule has 5 N–H and O–H groups in total. The first kappa shape index (κ1) is 17.4. The molecule has 3 aromatic rings. The molecule has 0 saturated heterocycles. The highest BCUT2D eigenvalue weighted by molar-refractivity contribution is 5.90. The fourth-order valence-corrected chi connectivity index (χ4v) is 3.60. The summed E-state index contributed by atoms with van der Waals surface area (Å²) in [5.74, 6) is 4.90. The smallest absolute Gasteiger partial charge is 0.347 e. The molecule has 1 aliphatic rings. The summed E-state index contributed by atoms with van der Waals surface area (Å²) < 4.78 is 21.4. The van der Waals surface area contributed by atoms with Gasteiger partial charge in [0.05, 0.1) is 16.5 Å². The van der Waals surface area contributed by atoms with Crippen molar-refractivity contribution in [3.05, 3.63) is 68.1 Å². The van der Waals surface area contributed by atoms with Gasteiger partial charge in [0, 0.05) is 24.8 Å². The van der Waals surface area contributed by atoms with Crippen LogP contribution >= 0.6 is 0 Å². The predicted octanol–water partition coefficient (Wildman–Crippen LogP) is 1.30. The van der Waals surface area contributed by atoms with Crippen LogP contribution in [0.25, 0.3) is 22.0 Å². The van der Waals surface area contributed by atoms with E-state index in [0.29, 0.717) is 40.8 Å². The van der Waals surface area contributed by atoms with Crippen LogP contribution in [0.3, 0.4) is 0 Å². The zero-order valence-corrected chi connectivity index (χ0v) is 14.7. The number of halogens is 1. The van der Waals surface area contributed by atoms with Crippen LogP contribution in [0.15, 0.2) is 39.9 Å². The lowest BCUT2D eigenvalue weighted by atomic mass is 9.91. The average molecular weight is 370 g/mol. The lowest BCUT2D eigenvalue weighted by Crippen LogP contribution is -2.41. The third-order valence-electron chi connectivity index (χ3n) is 5.18. The zero-order chi connectivity index (χ0) is 19.3. The van der Waals surface area contributed by atoms with Crippen LogP contribution in [0.5, 0.6) is 0 Å². The van der Waals surface area contributed by atoms with Gasteiger partial charge >= 0.3 is 5.69 Å². The maximum atomic E-state index is 15.2. The summed E-state index contributed by atoms with van der Waals surface area (Å²) in [7, 11) is 1.53. The molecule has 7 nitrogen and oxygen atoms in total. The number of hydrogen-bond donors (Lipinski definition) is 3. The van der Waals surface area contributed by atoms with Crippen molar-refractivity contribution in [2.75, 3.05) is 13.0 Å². The molecule has 8 heteroatoms. The van der Waals surface area contributed by atoms with Crippen molar-refractivity contribution >= 4 is 10.9 Å². The zero-order valence-electron chi connectivity index (χ0n) is 14.7. The van der Waals surface area contributed by atoms with Crippen LogP contribution in [0.1, 0.15) is 24.0 Å². The standard InChI is InChI=1S/C19H19FN4O3/c1-27-19(5-6-19)15-14(11-4-2-3-10(7-11)9-21)13(20)8-12-16(15)23-18(26)24(22)17(12)25/h2-4,7-8H,5-6,9,21-22H2,1H3,(H,23,26). The number of H-pyrrole nitrogens is 1. The highest BCUT2D eigenvalue weighted by Crippen LogP contribution is 2.53.